The third kappa shape index (κ3) is 4.36. The number of aromatic nitrogens is 3. The Bertz CT molecular complexity index is 1130. The normalized spacial score (nSPS) is 10.9. The summed E-state index contributed by atoms with van der Waals surface area (Å²) in [7, 11) is 0. The molecule has 0 aliphatic heterocycles. The molecule has 0 aliphatic carbocycles. The molecular weight excluding hydrogens is 408 g/mol. The van der Waals surface area contributed by atoms with Gasteiger partial charge in [0.25, 0.3) is 5.56 Å². The molecule has 7 nitrogen and oxygen atoms in total. The Kier molecular flexibility index (Phi) is 6.09. The monoisotopic (exact) mass is 423 g/mol. The van der Waals surface area contributed by atoms with Crippen LogP contribution < -0.4 is 10.3 Å². The van der Waals surface area contributed by atoms with Gasteiger partial charge in [0.2, 0.25) is 5.91 Å². The van der Waals surface area contributed by atoms with Crippen molar-refractivity contribution >= 4 is 17.5 Å². The minimum atomic E-state index is -0.774. The predicted molar refractivity (Wildman–Crippen MR) is 101 cm³/mol. The maximum absolute atomic E-state index is 13.7. The number of aliphatic hydroxyl groups is 1. The van der Waals surface area contributed by atoms with Gasteiger partial charge in [-0.1, -0.05) is 11.6 Å². The molecule has 2 heterocycles. The van der Waals surface area contributed by atoms with Crippen LogP contribution in [0.4, 0.5) is 8.78 Å². The first-order valence-corrected chi connectivity index (χ1v) is 8.87. The summed E-state index contributed by atoms with van der Waals surface area (Å²) in [5.41, 5.74) is -0.125. The van der Waals surface area contributed by atoms with Crippen molar-refractivity contribution < 1.29 is 23.4 Å². The number of pyridine rings is 1. The van der Waals surface area contributed by atoms with Gasteiger partial charge in [0.1, 0.15) is 35.3 Å². The zero-order chi connectivity index (χ0) is 21.1. The Morgan fingerprint density at radius 3 is 2.76 bits per heavy atom. The topological polar surface area (TPSA) is 86.3 Å². The zero-order valence-electron chi connectivity index (χ0n) is 15.2. The van der Waals surface area contributed by atoms with Crippen molar-refractivity contribution in [3.8, 4) is 11.6 Å². The van der Waals surface area contributed by atoms with Crippen LogP contribution in [0.25, 0.3) is 5.82 Å². The van der Waals surface area contributed by atoms with E-state index in [1.165, 1.54) is 29.2 Å². The largest absolute Gasteiger partial charge is 0.487 e. The number of carbonyl (C=O) groups excluding carboxylic acids is 1. The van der Waals surface area contributed by atoms with Gasteiger partial charge >= 0.3 is 0 Å². The Labute approximate surface area is 168 Å². The molecule has 0 bridgehead atoms. The van der Waals surface area contributed by atoms with Gasteiger partial charge in [0, 0.05) is 23.4 Å². The first-order chi connectivity index (χ1) is 13.8. The molecule has 10 heteroatoms. The summed E-state index contributed by atoms with van der Waals surface area (Å²) in [5, 5.41) is 8.60. The van der Waals surface area contributed by atoms with Crippen LogP contribution in [0.15, 0.2) is 41.6 Å². The van der Waals surface area contributed by atoms with Crippen molar-refractivity contribution in [1.29, 1.82) is 0 Å². The number of ether oxygens (including phenoxy) is 1. The summed E-state index contributed by atoms with van der Waals surface area (Å²) in [4.78, 5) is 28.6. The number of aliphatic hydroxyl groups excluding tert-OH is 1. The number of rotatable bonds is 6. The molecule has 0 atom stereocenters. The second kappa shape index (κ2) is 8.54. The van der Waals surface area contributed by atoms with Gasteiger partial charge in [0.05, 0.1) is 19.2 Å². The van der Waals surface area contributed by atoms with Gasteiger partial charge < -0.3 is 9.84 Å². The fourth-order valence-corrected chi connectivity index (χ4v) is 2.85. The molecule has 0 fully saturated rings. The van der Waals surface area contributed by atoms with Crippen LogP contribution in [0.2, 0.25) is 5.02 Å². The summed E-state index contributed by atoms with van der Waals surface area (Å²) in [6.45, 7) is 1.05. The highest BCUT2D eigenvalue weighted by molar-refractivity contribution is 6.31. The lowest BCUT2D eigenvalue weighted by atomic mass is 10.2. The molecule has 152 valence electrons. The average molecular weight is 424 g/mol. The van der Waals surface area contributed by atoms with E-state index in [0.717, 1.165) is 16.7 Å². The van der Waals surface area contributed by atoms with Crippen LogP contribution in [-0.2, 0) is 6.61 Å². The van der Waals surface area contributed by atoms with Gasteiger partial charge in [-0.2, -0.15) is 0 Å². The van der Waals surface area contributed by atoms with Crippen molar-refractivity contribution in [1.82, 2.24) is 14.1 Å². The smallest absolute Gasteiger partial charge is 0.279 e. The minimum Gasteiger partial charge on any atom is -0.487 e. The number of benzene rings is 1. The van der Waals surface area contributed by atoms with E-state index in [9.17, 15) is 18.4 Å². The zero-order valence-corrected chi connectivity index (χ0v) is 16.0. The van der Waals surface area contributed by atoms with Gasteiger partial charge in [-0.25, -0.2) is 13.8 Å². The van der Waals surface area contributed by atoms with Crippen molar-refractivity contribution in [2.24, 2.45) is 0 Å². The number of carbonyl (C=O) groups is 1. The summed E-state index contributed by atoms with van der Waals surface area (Å²) in [6.07, 6.45) is 2.49. The van der Waals surface area contributed by atoms with E-state index in [-0.39, 0.29) is 47.7 Å². The average Bonchev–Trinajstić information content (AvgIpc) is 3.15. The lowest BCUT2D eigenvalue weighted by Gasteiger charge is -2.13. The molecule has 1 aromatic carbocycles. The molecule has 1 N–H and O–H groups in total. The Morgan fingerprint density at radius 2 is 2.07 bits per heavy atom. The molecule has 29 heavy (non-hydrogen) atoms. The number of hydrogen-bond donors (Lipinski definition) is 1. The van der Waals surface area contributed by atoms with Crippen LogP contribution in [-0.4, -0.2) is 31.7 Å². The molecule has 0 amide bonds. The maximum Gasteiger partial charge on any atom is 0.279 e. The van der Waals surface area contributed by atoms with E-state index in [1.54, 1.807) is 6.92 Å². The minimum absolute atomic E-state index is 0.0323. The molecule has 2 aromatic heterocycles. The highest BCUT2D eigenvalue weighted by atomic mass is 35.5. The summed E-state index contributed by atoms with van der Waals surface area (Å²) >= 11 is 6.12. The quantitative estimate of drug-likeness (QED) is 0.659. The van der Waals surface area contributed by atoms with E-state index >= 15 is 0 Å². The number of hydrogen-bond acceptors (Lipinski definition) is 5. The number of nitrogens with zero attached hydrogens (tertiary/aromatic N) is 3. The molecule has 0 aliphatic rings. The van der Waals surface area contributed by atoms with Crippen molar-refractivity contribution in [2.75, 3.05) is 6.61 Å². The second-order valence-corrected chi connectivity index (χ2v) is 6.51. The fraction of sp³-hybridized carbons (Fsp3) is 0.211. The standard InChI is InChI=1S/C19H16ClF2N3O4/c1-11-6-15(29-9-12-2-3-13(21)7-14(12)22)18(20)19(28)25(11)16-8-24(10-23-16)17(27)4-5-26/h2-3,6-8,10,26H,4-5,9H2,1H3. The van der Waals surface area contributed by atoms with Crippen LogP contribution >= 0.6 is 11.6 Å². The molecule has 3 aromatic rings. The molecule has 0 saturated heterocycles. The fourth-order valence-electron chi connectivity index (χ4n) is 2.65. The number of halogens is 3. The lowest BCUT2D eigenvalue weighted by molar-refractivity contribution is 0.0875. The van der Waals surface area contributed by atoms with E-state index in [1.807, 2.05) is 0 Å². The molecule has 0 spiro atoms. The first-order valence-electron chi connectivity index (χ1n) is 8.49. The number of imidazole rings is 1. The highest BCUT2D eigenvalue weighted by Crippen LogP contribution is 2.24. The molecule has 0 saturated carbocycles. The van der Waals surface area contributed by atoms with Crippen LogP contribution in [0.5, 0.6) is 5.75 Å². The molecule has 0 radical (unpaired) electrons. The second-order valence-electron chi connectivity index (χ2n) is 6.14. The Morgan fingerprint density at radius 1 is 1.31 bits per heavy atom. The maximum atomic E-state index is 13.7. The van der Waals surface area contributed by atoms with Gasteiger partial charge in [0.15, 0.2) is 5.82 Å². The van der Waals surface area contributed by atoms with E-state index in [0.29, 0.717) is 5.69 Å². The van der Waals surface area contributed by atoms with E-state index in [4.69, 9.17) is 21.4 Å². The van der Waals surface area contributed by atoms with Crippen LogP contribution in [0, 0.1) is 18.6 Å². The van der Waals surface area contributed by atoms with Crippen LogP contribution in [0.1, 0.15) is 22.5 Å². The molecule has 0 unspecified atom stereocenters. The summed E-state index contributed by atoms with van der Waals surface area (Å²) in [5.74, 6) is -1.67. The third-order valence-corrected chi connectivity index (χ3v) is 4.46. The van der Waals surface area contributed by atoms with Crippen molar-refractivity contribution in [2.45, 2.75) is 20.0 Å². The van der Waals surface area contributed by atoms with Gasteiger partial charge in [-0.15, -0.1) is 0 Å². The van der Waals surface area contributed by atoms with Crippen molar-refractivity contribution in [3.63, 3.8) is 0 Å². The molecule has 3 rings (SSSR count). The lowest BCUT2D eigenvalue weighted by Crippen LogP contribution is -2.22. The number of aryl methyl sites for hydroxylation is 1. The Hall–Kier alpha value is -3.04. The van der Waals surface area contributed by atoms with E-state index in [2.05, 4.69) is 4.98 Å². The summed E-state index contributed by atoms with van der Waals surface area (Å²) < 4.78 is 34.5. The third-order valence-electron chi connectivity index (χ3n) is 4.11. The first kappa shape index (κ1) is 20.7. The van der Waals surface area contributed by atoms with E-state index < -0.39 is 17.2 Å². The summed E-state index contributed by atoms with van der Waals surface area (Å²) in [6, 6.07) is 4.54. The van der Waals surface area contributed by atoms with Gasteiger partial charge in [-0.3, -0.25) is 18.7 Å². The van der Waals surface area contributed by atoms with Crippen molar-refractivity contribution in [3.05, 3.63) is 75.1 Å². The molecular formula is C19H16ClF2N3O4. The van der Waals surface area contributed by atoms with Crippen LogP contribution in [0.3, 0.4) is 0 Å². The Balaban J connectivity index is 1.88. The SMILES string of the molecule is Cc1cc(OCc2ccc(F)cc2F)c(Cl)c(=O)n1-c1cn(C(=O)CCO)cn1. The predicted octanol–water partition coefficient (Wildman–Crippen LogP) is 2.88. The van der Waals surface area contributed by atoms with Gasteiger partial charge in [-0.05, 0) is 19.1 Å². The highest BCUT2D eigenvalue weighted by Gasteiger charge is 2.17.